The highest BCUT2D eigenvalue weighted by Crippen LogP contribution is 2.50. The highest BCUT2D eigenvalue weighted by atomic mass is 127. The maximum atomic E-state index is 12.8. The summed E-state index contributed by atoms with van der Waals surface area (Å²) >= 11 is 2.36. The van der Waals surface area contributed by atoms with Crippen LogP contribution in [0.5, 0.6) is 0 Å². The van der Waals surface area contributed by atoms with E-state index in [9.17, 15) is 8.96 Å². The average Bonchev–Trinajstić information content (AvgIpc) is 2.77. The molecule has 0 radical (unpaired) electrons. The van der Waals surface area contributed by atoms with Crippen LogP contribution in [0.4, 0.5) is 4.39 Å². The lowest BCUT2D eigenvalue weighted by Gasteiger charge is -2.35. The lowest BCUT2D eigenvalue weighted by Crippen LogP contribution is -2.40. The average molecular weight is 614 g/mol. The van der Waals surface area contributed by atoms with Gasteiger partial charge in [-0.15, -0.1) is 0 Å². The van der Waals surface area contributed by atoms with Gasteiger partial charge in [0.05, 0.1) is 54.3 Å². The normalized spacial score (nSPS) is 21.3. The lowest BCUT2D eigenvalue weighted by molar-refractivity contribution is -0.259. The maximum Gasteiger partial charge on any atom is 0.331 e. The minimum absolute atomic E-state index is 0.0621. The molecular weight excluding hydrogens is 565 g/mol. The van der Waals surface area contributed by atoms with Gasteiger partial charge in [0, 0.05) is 16.3 Å². The summed E-state index contributed by atoms with van der Waals surface area (Å²) in [6, 6.07) is 0. The van der Waals surface area contributed by atoms with E-state index >= 15 is 0 Å². The number of ether oxygens (including phenoxy) is 4. The van der Waals surface area contributed by atoms with Gasteiger partial charge in [-0.25, -0.2) is 0 Å². The van der Waals surface area contributed by atoms with Crippen molar-refractivity contribution in [2.75, 3.05) is 57.4 Å². The third-order valence-corrected chi connectivity index (χ3v) is 8.30. The third-order valence-electron chi connectivity index (χ3n) is 4.94. The van der Waals surface area contributed by atoms with Gasteiger partial charge in [0.1, 0.15) is 0 Å². The molecular formula is C23H47FIO7P. The molecule has 10 heteroatoms. The fraction of sp³-hybridized carbons (Fsp3) is 1.00. The van der Waals surface area contributed by atoms with Crippen LogP contribution in [0.2, 0.25) is 0 Å². The predicted molar refractivity (Wildman–Crippen MR) is 139 cm³/mol. The van der Waals surface area contributed by atoms with Crippen LogP contribution in [0.1, 0.15) is 68.6 Å². The summed E-state index contributed by atoms with van der Waals surface area (Å²) in [5, 5.41) is 0. The third kappa shape index (κ3) is 16.1. The van der Waals surface area contributed by atoms with Crippen molar-refractivity contribution in [1.29, 1.82) is 0 Å². The van der Waals surface area contributed by atoms with Crippen molar-refractivity contribution in [2.24, 2.45) is 11.8 Å². The minimum Gasteiger partial charge on any atom is -0.350 e. The summed E-state index contributed by atoms with van der Waals surface area (Å²) in [6.45, 7) is 15.6. The number of unbranched alkanes of at least 4 members (excludes halogenated alkanes) is 2. The van der Waals surface area contributed by atoms with E-state index in [1.807, 2.05) is 27.7 Å². The van der Waals surface area contributed by atoms with E-state index < -0.39 is 20.5 Å². The number of hydrogen-bond donors (Lipinski definition) is 0. The van der Waals surface area contributed by atoms with Gasteiger partial charge >= 0.3 is 7.60 Å². The summed E-state index contributed by atoms with van der Waals surface area (Å²) in [5.41, 5.74) is 0. The van der Waals surface area contributed by atoms with E-state index in [-0.39, 0.29) is 11.7 Å². The van der Waals surface area contributed by atoms with Crippen LogP contribution in [0.3, 0.4) is 0 Å². The van der Waals surface area contributed by atoms with E-state index in [4.69, 9.17) is 29.4 Å². The molecule has 0 aromatic carbocycles. The van der Waals surface area contributed by atoms with Gasteiger partial charge in [-0.3, -0.25) is 8.96 Å². The summed E-state index contributed by atoms with van der Waals surface area (Å²) in [5.74, 6) is -0.240. The number of rotatable bonds is 11. The highest BCUT2D eigenvalue weighted by molar-refractivity contribution is 14.1. The quantitative estimate of drug-likeness (QED) is 0.112. The topological polar surface area (TPSA) is 72.5 Å². The molecule has 2 aliphatic heterocycles. The molecule has 0 spiro atoms. The maximum absolute atomic E-state index is 12.8. The minimum atomic E-state index is -3.05. The van der Waals surface area contributed by atoms with Crippen molar-refractivity contribution in [1.82, 2.24) is 0 Å². The molecule has 2 rings (SSSR count). The Morgan fingerprint density at radius 1 is 0.909 bits per heavy atom. The number of alkyl halides is 2. The Morgan fingerprint density at radius 2 is 1.27 bits per heavy atom. The first kappa shape index (κ1) is 31.7. The fourth-order valence-electron chi connectivity index (χ4n) is 2.80. The number of hydrogen-bond acceptors (Lipinski definition) is 7. The molecule has 33 heavy (non-hydrogen) atoms. The van der Waals surface area contributed by atoms with Crippen LogP contribution in [-0.2, 0) is 32.6 Å². The molecule has 0 aromatic heterocycles. The van der Waals surface area contributed by atoms with Crippen molar-refractivity contribution in [3.05, 3.63) is 0 Å². The molecule has 7 nitrogen and oxygen atoms in total. The van der Waals surface area contributed by atoms with E-state index in [0.29, 0.717) is 38.5 Å². The second-order valence-corrected chi connectivity index (χ2v) is 12.1. The van der Waals surface area contributed by atoms with Gasteiger partial charge in [0.15, 0.2) is 11.6 Å². The first-order valence-electron chi connectivity index (χ1n) is 12.5. The first-order valence-corrected chi connectivity index (χ1v) is 15.1. The fourth-order valence-corrected chi connectivity index (χ4v) is 5.25. The molecule has 2 heterocycles. The molecule has 2 saturated heterocycles. The molecule has 0 N–H and O–H groups in total. The molecule has 0 amide bonds. The van der Waals surface area contributed by atoms with E-state index in [1.165, 1.54) is 0 Å². The highest BCUT2D eigenvalue weighted by Gasteiger charge is 2.35. The van der Waals surface area contributed by atoms with E-state index in [0.717, 1.165) is 43.3 Å². The Labute approximate surface area is 216 Å². The molecule has 2 fully saturated rings. The van der Waals surface area contributed by atoms with Crippen LogP contribution in [0.25, 0.3) is 0 Å². The molecule has 0 aromatic rings. The van der Waals surface area contributed by atoms with Gasteiger partial charge in [0.25, 0.3) is 0 Å². The van der Waals surface area contributed by atoms with Crippen molar-refractivity contribution >= 4 is 30.2 Å². The second kappa shape index (κ2) is 18.0. The monoisotopic (exact) mass is 613 g/mol. The van der Waals surface area contributed by atoms with Crippen LogP contribution < -0.4 is 0 Å². The van der Waals surface area contributed by atoms with Crippen molar-refractivity contribution < 1.29 is 38.3 Å². The Bertz CT molecular complexity index is 523. The van der Waals surface area contributed by atoms with Gasteiger partial charge in [-0.05, 0) is 40.5 Å². The van der Waals surface area contributed by atoms with E-state index in [2.05, 4.69) is 36.4 Å². The Balaban J connectivity index is 0.000000692. The molecule has 0 bridgehead atoms. The summed E-state index contributed by atoms with van der Waals surface area (Å²) in [4.78, 5) is 0. The lowest BCUT2D eigenvalue weighted by atomic mass is 10.2. The van der Waals surface area contributed by atoms with Crippen molar-refractivity contribution in [3.8, 4) is 0 Å². The van der Waals surface area contributed by atoms with Crippen LogP contribution in [0, 0.1) is 11.8 Å². The van der Waals surface area contributed by atoms with Crippen LogP contribution >= 0.6 is 30.2 Å². The summed E-state index contributed by atoms with van der Waals surface area (Å²) < 4.78 is 62.8. The SMILES string of the molecule is CC1(C)OCC(CI)CO1.CCCCOP(=O)(CC1COC(C)(C)OC1)OCCCC.[2H]CF. The molecule has 0 unspecified atom stereocenters. The Kier molecular flexibility index (Phi) is 17.3. The zero-order chi connectivity index (χ0) is 26.1. The van der Waals surface area contributed by atoms with Crippen LogP contribution in [0.15, 0.2) is 0 Å². The first-order chi connectivity index (χ1) is 16.0. The van der Waals surface area contributed by atoms with Crippen molar-refractivity contribution in [3.63, 3.8) is 0 Å². The summed E-state index contributed by atoms with van der Waals surface area (Å²) in [7, 11) is -4.05. The molecule has 0 atom stereocenters. The smallest absolute Gasteiger partial charge is 0.331 e. The molecule has 0 aliphatic carbocycles. The van der Waals surface area contributed by atoms with Gasteiger partial charge < -0.3 is 28.0 Å². The molecule has 0 saturated carbocycles. The molecule has 200 valence electrons. The van der Waals surface area contributed by atoms with Crippen molar-refractivity contribution in [2.45, 2.75) is 78.8 Å². The van der Waals surface area contributed by atoms with Gasteiger partial charge in [0.2, 0.25) is 0 Å². The van der Waals surface area contributed by atoms with Crippen LogP contribution in [-0.4, -0.2) is 69.0 Å². The second-order valence-electron chi connectivity index (χ2n) is 9.10. The number of halogens is 2. The van der Waals surface area contributed by atoms with Gasteiger partial charge in [-0.2, -0.15) is 0 Å². The summed E-state index contributed by atoms with van der Waals surface area (Å²) in [6.07, 6.45) is 4.19. The zero-order valence-electron chi connectivity index (χ0n) is 22.4. The largest absolute Gasteiger partial charge is 0.350 e. The standard InChI is InChI=1S/C15H31O5P.C7H13IO2.CH3F/c1-5-7-9-19-21(16,20-10-8-6-2)13-14-11-17-15(3,4)18-12-14;1-7(2)9-4-6(3-8)5-10-7;1-2/h14H,5-13H2,1-4H3;6H,3-5H2,1-2H3;1H3/i;;1D. The Hall–Kier alpha value is 0.650. The van der Waals surface area contributed by atoms with Gasteiger partial charge in [-0.1, -0.05) is 49.3 Å². The Morgan fingerprint density at radius 3 is 1.61 bits per heavy atom. The predicted octanol–water partition coefficient (Wildman–Crippen LogP) is 6.62. The zero-order valence-corrected chi connectivity index (χ0v) is 24.5. The molecule has 2 aliphatic rings. The van der Waals surface area contributed by atoms with E-state index in [1.54, 1.807) is 0 Å².